The molecule has 1 atom stereocenters. The minimum atomic E-state index is -0.334. The number of hydrogen-bond acceptors (Lipinski definition) is 6. The second-order valence-electron chi connectivity index (χ2n) is 3.04. The lowest BCUT2D eigenvalue weighted by Gasteiger charge is -2.04. The van der Waals surface area contributed by atoms with Gasteiger partial charge >= 0.3 is 0 Å². The van der Waals surface area contributed by atoms with Gasteiger partial charge in [0.1, 0.15) is 12.4 Å². The van der Waals surface area contributed by atoms with Crippen molar-refractivity contribution in [3.8, 4) is 0 Å². The number of rotatable bonds is 5. The summed E-state index contributed by atoms with van der Waals surface area (Å²) in [7, 11) is 0. The fourth-order valence-corrected chi connectivity index (χ4v) is 1.15. The molecule has 2 aromatic rings. The molecule has 8 nitrogen and oxygen atoms in total. The number of aliphatic imine (C=N–C) groups is 1. The van der Waals surface area contributed by atoms with Gasteiger partial charge in [0.25, 0.3) is 0 Å². The highest BCUT2D eigenvalue weighted by atomic mass is 15.2. The van der Waals surface area contributed by atoms with Gasteiger partial charge in [-0.05, 0) is 0 Å². The molecule has 2 aromatic heterocycles. The van der Waals surface area contributed by atoms with Crippen LogP contribution in [-0.4, -0.2) is 37.0 Å². The van der Waals surface area contributed by atoms with Crippen molar-refractivity contribution in [3.05, 3.63) is 25.0 Å². The third-order valence-electron chi connectivity index (χ3n) is 1.89. The topological polar surface area (TPSA) is 108 Å². The molecular formula is C8H10N8. The molecule has 0 spiro atoms. The molecule has 0 aliphatic rings. The average molecular weight is 218 g/mol. The maximum Gasteiger partial charge on any atom is 0.244 e. The normalized spacial score (nSPS) is 13.0. The highest BCUT2D eigenvalue weighted by Crippen LogP contribution is 2.00. The standard InChI is InChI=1S/C8H10N8/c9-14-7(4-16-2-1-10-6-16)3-11-8-12-5-13-15-8/h1-3,5-7,9H,4H2,(H,12,13,15). The Labute approximate surface area is 91.0 Å². The van der Waals surface area contributed by atoms with Crippen molar-refractivity contribution in [1.82, 2.24) is 24.7 Å². The Hall–Kier alpha value is -2.38. The summed E-state index contributed by atoms with van der Waals surface area (Å²) in [4.78, 5) is 11.8. The van der Waals surface area contributed by atoms with Crippen molar-refractivity contribution in [2.75, 3.05) is 0 Å². The highest BCUT2D eigenvalue weighted by molar-refractivity contribution is 5.66. The van der Waals surface area contributed by atoms with Gasteiger partial charge in [-0.15, -0.1) is 0 Å². The van der Waals surface area contributed by atoms with Gasteiger partial charge in [-0.2, -0.15) is 15.2 Å². The molecule has 2 rings (SSSR count). The second-order valence-corrected chi connectivity index (χ2v) is 3.04. The fourth-order valence-electron chi connectivity index (χ4n) is 1.15. The van der Waals surface area contributed by atoms with Crippen LogP contribution in [0.2, 0.25) is 0 Å². The number of nitrogens with zero attached hydrogens (tertiary/aromatic N) is 6. The van der Waals surface area contributed by atoms with E-state index >= 15 is 0 Å². The summed E-state index contributed by atoms with van der Waals surface area (Å²) in [6.07, 6.45) is 8.07. The SMILES string of the molecule is N=NC(C=Nc1ncn[nH]1)Cn1ccnc1. The second kappa shape index (κ2) is 4.91. The molecular weight excluding hydrogens is 208 g/mol. The molecule has 82 valence electrons. The molecule has 1 unspecified atom stereocenters. The van der Waals surface area contributed by atoms with Gasteiger partial charge in [0, 0.05) is 18.6 Å². The van der Waals surface area contributed by atoms with Crippen LogP contribution in [0.5, 0.6) is 0 Å². The molecule has 0 aromatic carbocycles. The molecule has 0 fully saturated rings. The fraction of sp³-hybridized carbons (Fsp3) is 0.250. The maximum absolute atomic E-state index is 7.04. The first-order valence-corrected chi connectivity index (χ1v) is 4.60. The van der Waals surface area contributed by atoms with Crippen LogP contribution in [0.15, 0.2) is 35.2 Å². The minimum absolute atomic E-state index is 0.334. The Balaban J connectivity index is 1.98. The highest BCUT2D eigenvalue weighted by Gasteiger charge is 2.04. The molecule has 2 heterocycles. The van der Waals surface area contributed by atoms with Crippen LogP contribution < -0.4 is 0 Å². The number of aromatic nitrogens is 5. The van der Waals surface area contributed by atoms with Crippen molar-refractivity contribution in [2.24, 2.45) is 10.1 Å². The quantitative estimate of drug-likeness (QED) is 0.572. The molecule has 0 radical (unpaired) electrons. The van der Waals surface area contributed by atoms with Gasteiger partial charge in [0.05, 0.1) is 12.9 Å². The molecule has 0 aliphatic heterocycles. The Morgan fingerprint density at radius 3 is 3.19 bits per heavy atom. The largest absolute Gasteiger partial charge is 0.335 e. The maximum atomic E-state index is 7.04. The molecule has 0 aliphatic carbocycles. The smallest absolute Gasteiger partial charge is 0.244 e. The number of nitrogens with one attached hydrogen (secondary N) is 2. The number of hydrogen-bond donors (Lipinski definition) is 2. The van der Waals surface area contributed by atoms with Crippen molar-refractivity contribution < 1.29 is 0 Å². The van der Waals surface area contributed by atoms with Gasteiger partial charge in [-0.25, -0.2) is 20.6 Å². The van der Waals surface area contributed by atoms with E-state index in [1.165, 1.54) is 6.33 Å². The molecule has 16 heavy (non-hydrogen) atoms. The molecule has 0 amide bonds. The first-order valence-electron chi connectivity index (χ1n) is 4.60. The van der Waals surface area contributed by atoms with Crippen molar-refractivity contribution >= 4 is 12.2 Å². The number of imidazole rings is 1. The zero-order chi connectivity index (χ0) is 11.2. The van der Waals surface area contributed by atoms with E-state index < -0.39 is 0 Å². The van der Waals surface area contributed by atoms with Crippen LogP contribution in [0.4, 0.5) is 5.95 Å². The predicted molar refractivity (Wildman–Crippen MR) is 55.7 cm³/mol. The van der Waals surface area contributed by atoms with Crippen LogP contribution in [0.25, 0.3) is 0 Å². The first-order chi connectivity index (χ1) is 7.88. The van der Waals surface area contributed by atoms with E-state index in [-0.39, 0.29) is 6.04 Å². The summed E-state index contributed by atoms with van der Waals surface area (Å²) >= 11 is 0. The molecule has 0 saturated heterocycles. The zero-order valence-electron chi connectivity index (χ0n) is 8.35. The Morgan fingerprint density at radius 2 is 2.56 bits per heavy atom. The van der Waals surface area contributed by atoms with Crippen LogP contribution >= 0.6 is 0 Å². The van der Waals surface area contributed by atoms with Gasteiger partial charge < -0.3 is 4.57 Å². The van der Waals surface area contributed by atoms with E-state index in [0.717, 1.165) is 0 Å². The van der Waals surface area contributed by atoms with Gasteiger partial charge in [0.15, 0.2) is 0 Å². The van der Waals surface area contributed by atoms with E-state index in [0.29, 0.717) is 12.5 Å². The number of aromatic amines is 1. The van der Waals surface area contributed by atoms with E-state index in [1.807, 2.05) is 4.57 Å². The first kappa shape index (κ1) is 10.1. The molecule has 8 heteroatoms. The molecule has 2 N–H and O–H groups in total. The summed E-state index contributed by atoms with van der Waals surface area (Å²) in [5.41, 5.74) is 7.04. The van der Waals surface area contributed by atoms with Gasteiger partial charge in [-0.1, -0.05) is 0 Å². The minimum Gasteiger partial charge on any atom is -0.335 e. The summed E-state index contributed by atoms with van der Waals surface area (Å²) in [5.74, 6) is 0.402. The van der Waals surface area contributed by atoms with Crippen LogP contribution in [-0.2, 0) is 6.54 Å². The molecule has 0 saturated carbocycles. The average Bonchev–Trinajstić information content (AvgIpc) is 2.97. The van der Waals surface area contributed by atoms with E-state index in [1.54, 1.807) is 24.9 Å². The van der Waals surface area contributed by atoms with Gasteiger partial charge in [0.2, 0.25) is 5.95 Å². The van der Waals surface area contributed by atoms with Crippen molar-refractivity contribution in [1.29, 1.82) is 5.53 Å². The van der Waals surface area contributed by atoms with E-state index in [2.05, 4.69) is 30.3 Å². The summed E-state index contributed by atoms with van der Waals surface area (Å²) in [6.45, 7) is 0.529. The van der Waals surface area contributed by atoms with Gasteiger partial charge in [-0.3, -0.25) is 0 Å². The summed E-state index contributed by atoms with van der Waals surface area (Å²) < 4.78 is 1.83. The van der Waals surface area contributed by atoms with Crippen LogP contribution in [0.3, 0.4) is 0 Å². The Morgan fingerprint density at radius 1 is 1.62 bits per heavy atom. The lowest BCUT2D eigenvalue weighted by molar-refractivity contribution is 0.629. The Kier molecular flexibility index (Phi) is 3.12. The van der Waals surface area contributed by atoms with Crippen molar-refractivity contribution in [2.45, 2.75) is 12.6 Å². The van der Waals surface area contributed by atoms with Crippen LogP contribution in [0.1, 0.15) is 0 Å². The lowest BCUT2D eigenvalue weighted by atomic mass is 10.3. The lowest BCUT2D eigenvalue weighted by Crippen LogP contribution is -2.13. The van der Waals surface area contributed by atoms with E-state index in [4.69, 9.17) is 5.53 Å². The van der Waals surface area contributed by atoms with E-state index in [9.17, 15) is 0 Å². The van der Waals surface area contributed by atoms with Crippen molar-refractivity contribution in [3.63, 3.8) is 0 Å². The predicted octanol–water partition coefficient (Wildman–Crippen LogP) is 0.803. The summed E-state index contributed by atoms with van der Waals surface area (Å²) in [6, 6.07) is -0.334. The Bertz CT molecular complexity index is 442. The van der Waals surface area contributed by atoms with Crippen LogP contribution in [0, 0.1) is 5.53 Å². The monoisotopic (exact) mass is 218 g/mol. The number of H-pyrrole nitrogens is 1. The molecule has 0 bridgehead atoms. The third kappa shape index (κ3) is 2.56. The summed E-state index contributed by atoms with van der Waals surface area (Å²) in [5, 5.41) is 9.71. The third-order valence-corrected chi connectivity index (χ3v) is 1.89. The zero-order valence-corrected chi connectivity index (χ0v) is 8.35.